The number of anilines is 1. The van der Waals surface area contributed by atoms with Gasteiger partial charge in [0.1, 0.15) is 5.54 Å². The molecule has 27 heavy (non-hydrogen) atoms. The van der Waals surface area contributed by atoms with Crippen molar-refractivity contribution in [3.8, 4) is 0 Å². The first kappa shape index (κ1) is 20.9. The van der Waals surface area contributed by atoms with Gasteiger partial charge < -0.3 is 16.0 Å². The number of nitrogens with zero attached hydrogens (tertiary/aromatic N) is 2. The normalized spacial score (nSPS) is 15.7. The second-order valence-corrected chi connectivity index (χ2v) is 6.89. The maximum absolute atomic E-state index is 13.1. The van der Waals surface area contributed by atoms with Gasteiger partial charge in [-0.15, -0.1) is 12.4 Å². The highest BCUT2D eigenvalue weighted by Gasteiger charge is 2.42. The number of carbonyl (C=O) groups excluding carboxylic acids is 2. The van der Waals surface area contributed by atoms with Gasteiger partial charge in [0, 0.05) is 29.7 Å². The fourth-order valence-electron chi connectivity index (χ4n) is 3.22. The molecule has 1 aliphatic rings. The maximum Gasteiger partial charge on any atom is 0.252 e. The Morgan fingerprint density at radius 3 is 2.41 bits per heavy atom. The first-order chi connectivity index (χ1) is 12.5. The number of nitrogens with one attached hydrogen (secondary N) is 3. The molecule has 0 aliphatic carbocycles. The molecule has 0 radical (unpaired) electrons. The van der Waals surface area contributed by atoms with Crippen LogP contribution >= 0.6 is 12.4 Å². The average molecular weight is 392 g/mol. The van der Waals surface area contributed by atoms with E-state index in [4.69, 9.17) is 0 Å². The van der Waals surface area contributed by atoms with Gasteiger partial charge in [0.2, 0.25) is 0 Å². The lowest BCUT2D eigenvalue weighted by atomic mass is 9.87. The summed E-state index contributed by atoms with van der Waals surface area (Å²) in [5, 5.41) is 13.4. The Morgan fingerprint density at radius 2 is 1.85 bits per heavy atom. The number of piperidine rings is 1. The van der Waals surface area contributed by atoms with E-state index < -0.39 is 5.54 Å². The summed E-state index contributed by atoms with van der Waals surface area (Å²) < 4.78 is 1.76. The highest BCUT2D eigenvalue weighted by atomic mass is 35.5. The van der Waals surface area contributed by atoms with Gasteiger partial charge in [-0.25, -0.2) is 0 Å². The molecule has 2 heterocycles. The molecule has 0 saturated carbocycles. The molecule has 0 spiro atoms. The maximum atomic E-state index is 13.1. The molecule has 2 amide bonds. The third-order valence-electron chi connectivity index (χ3n) is 4.62. The fourth-order valence-corrected chi connectivity index (χ4v) is 3.22. The van der Waals surface area contributed by atoms with Crippen LogP contribution in [-0.4, -0.2) is 40.7 Å². The summed E-state index contributed by atoms with van der Waals surface area (Å²) >= 11 is 0. The van der Waals surface area contributed by atoms with Crippen molar-refractivity contribution in [1.82, 2.24) is 20.4 Å². The van der Waals surface area contributed by atoms with Crippen LogP contribution in [0.25, 0.3) is 0 Å². The van der Waals surface area contributed by atoms with Crippen LogP contribution in [0.5, 0.6) is 0 Å². The Kier molecular flexibility index (Phi) is 6.98. The zero-order valence-corrected chi connectivity index (χ0v) is 16.4. The van der Waals surface area contributed by atoms with Crippen LogP contribution < -0.4 is 16.0 Å². The minimum atomic E-state index is -0.692. The van der Waals surface area contributed by atoms with E-state index in [0.717, 1.165) is 13.1 Å². The van der Waals surface area contributed by atoms with Crippen LogP contribution in [0, 0.1) is 0 Å². The van der Waals surface area contributed by atoms with Gasteiger partial charge in [-0.1, -0.05) is 0 Å². The Labute approximate surface area is 165 Å². The van der Waals surface area contributed by atoms with Crippen LogP contribution in [0.1, 0.15) is 37.0 Å². The standard InChI is InChI=1S/C19H25N5O2.ClH/c1-14(2)22-17(25)15-4-6-16(7-5-15)23-18(26)19(8-11-20-12-9-19)24-13-3-10-21-24;/h3-7,10,13-14,20H,8-9,11-12H2,1-2H3,(H,22,25)(H,23,26);1H. The summed E-state index contributed by atoms with van der Waals surface area (Å²) in [4.78, 5) is 25.1. The number of amides is 2. The zero-order chi connectivity index (χ0) is 18.6. The summed E-state index contributed by atoms with van der Waals surface area (Å²) in [5.74, 6) is -0.202. The molecule has 1 saturated heterocycles. The van der Waals surface area contributed by atoms with Crippen molar-refractivity contribution in [2.75, 3.05) is 18.4 Å². The van der Waals surface area contributed by atoms with E-state index in [0.29, 0.717) is 24.1 Å². The topological polar surface area (TPSA) is 88.1 Å². The largest absolute Gasteiger partial charge is 0.350 e. The van der Waals surface area contributed by atoms with E-state index in [1.54, 1.807) is 35.1 Å². The third-order valence-corrected chi connectivity index (χ3v) is 4.62. The first-order valence-corrected chi connectivity index (χ1v) is 8.94. The van der Waals surface area contributed by atoms with Crippen molar-refractivity contribution < 1.29 is 9.59 Å². The van der Waals surface area contributed by atoms with Gasteiger partial charge in [-0.3, -0.25) is 14.3 Å². The Balaban J connectivity index is 0.00000261. The summed E-state index contributed by atoms with van der Waals surface area (Å²) in [6.45, 7) is 5.36. The molecule has 2 aromatic rings. The summed E-state index contributed by atoms with van der Waals surface area (Å²) in [6, 6.07) is 8.86. The molecule has 0 bridgehead atoms. The van der Waals surface area contributed by atoms with E-state index in [1.165, 1.54) is 0 Å². The summed E-state index contributed by atoms with van der Waals surface area (Å²) in [7, 11) is 0. The average Bonchev–Trinajstić information content (AvgIpc) is 3.17. The molecule has 3 N–H and O–H groups in total. The van der Waals surface area contributed by atoms with Crippen LogP contribution in [0.2, 0.25) is 0 Å². The molecular weight excluding hydrogens is 366 g/mol. The second kappa shape index (κ2) is 9.01. The van der Waals surface area contributed by atoms with Gasteiger partial charge in [0.15, 0.2) is 0 Å². The third kappa shape index (κ3) is 4.67. The molecule has 1 aromatic carbocycles. The molecule has 7 nitrogen and oxygen atoms in total. The minimum absolute atomic E-state index is 0. The lowest BCUT2D eigenvalue weighted by molar-refractivity contribution is -0.126. The predicted molar refractivity (Wildman–Crippen MR) is 107 cm³/mol. The zero-order valence-electron chi connectivity index (χ0n) is 15.6. The number of hydrogen-bond donors (Lipinski definition) is 3. The first-order valence-electron chi connectivity index (χ1n) is 8.94. The minimum Gasteiger partial charge on any atom is -0.350 e. The molecule has 1 aromatic heterocycles. The highest BCUT2D eigenvalue weighted by Crippen LogP contribution is 2.28. The number of rotatable bonds is 5. The fraction of sp³-hybridized carbons (Fsp3) is 0.421. The molecule has 0 unspecified atom stereocenters. The molecule has 1 aliphatic heterocycles. The van der Waals surface area contributed by atoms with E-state index in [2.05, 4.69) is 21.0 Å². The molecule has 0 atom stereocenters. The van der Waals surface area contributed by atoms with Crippen molar-refractivity contribution in [1.29, 1.82) is 0 Å². The number of halogens is 1. The lowest BCUT2D eigenvalue weighted by Gasteiger charge is -2.36. The lowest BCUT2D eigenvalue weighted by Crippen LogP contribution is -2.52. The van der Waals surface area contributed by atoms with E-state index in [9.17, 15) is 9.59 Å². The van der Waals surface area contributed by atoms with Crippen molar-refractivity contribution >= 4 is 29.9 Å². The quantitative estimate of drug-likeness (QED) is 0.728. The van der Waals surface area contributed by atoms with Crippen molar-refractivity contribution in [3.63, 3.8) is 0 Å². The SMILES string of the molecule is CC(C)NC(=O)c1ccc(NC(=O)C2(n3cccn3)CCNCC2)cc1.Cl. The van der Waals surface area contributed by atoms with Crippen molar-refractivity contribution in [3.05, 3.63) is 48.3 Å². The summed E-state index contributed by atoms with van der Waals surface area (Å²) in [5.41, 5.74) is 0.545. The highest BCUT2D eigenvalue weighted by molar-refractivity contribution is 5.98. The predicted octanol–water partition coefficient (Wildman–Crippen LogP) is 2.16. The smallest absolute Gasteiger partial charge is 0.252 e. The second-order valence-electron chi connectivity index (χ2n) is 6.89. The number of carbonyl (C=O) groups is 2. The van der Waals surface area contributed by atoms with E-state index in [1.807, 2.05) is 26.1 Å². The van der Waals surface area contributed by atoms with E-state index >= 15 is 0 Å². The Hall–Kier alpha value is -2.38. The number of benzene rings is 1. The van der Waals surface area contributed by atoms with Crippen molar-refractivity contribution in [2.24, 2.45) is 0 Å². The van der Waals surface area contributed by atoms with Gasteiger partial charge in [-0.2, -0.15) is 5.10 Å². The van der Waals surface area contributed by atoms with Gasteiger partial charge in [-0.05, 0) is 70.1 Å². The molecular formula is C19H26ClN5O2. The molecule has 3 rings (SSSR count). The van der Waals surface area contributed by atoms with Crippen LogP contribution in [0.15, 0.2) is 42.7 Å². The Bertz CT molecular complexity index is 753. The van der Waals surface area contributed by atoms with Crippen molar-refractivity contribution in [2.45, 2.75) is 38.3 Å². The summed E-state index contributed by atoms with van der Waals surface area (Å²) in [6.07, 6.45) is 4.88. The van der Waals surface area contributed by atoms with Gasteiger partial charge in [0.25, 0.3) is 11.8 Å². The van der Waals surface area contributed by atoms with Crippen LogP contribution in [0.3, 0.4) is 0 Å². The van der Waals surface area contributed by atoms with Gasteiger partial charge >= 0.3 is 0 Å². The van der Waals surface area contributed by atoms with Crippen LogP contribution in [0.4, 0.5) is 5.69 Å². The molecule has 8 heteroatoms. The number of hydrogen-bond acceptors (Lipinski definition) is 4. The monoisotopic (exact) mass is 391 g/mol. The number of aromatic nitrogens is 2. The van der Waals surface area contributed by atoms with Gasteiger partial charge in [0.05, 0.1) is 0 Å². The molecule has 146 valence electrons. The van der Waals surface area contributed by atoms with Crippen LogP contribution in [-0.2, 0) is 10.3 Å². The van der Waals surface area contributed by atoms with E-state index in [-0.39, 0.29) is 30.3 Å². The molecule has 1 fully saturated rings. The Morgan fingerprint density at radius 1 is 1.19 bits per heavy atom.